The molecule has 148 valence electrons. The number of benzene rings is 2. The van der Waals surface area contributed by atoms with Crippen LogP contribution in [0.25, 0.3) is 6.08 Å². The van der Waals surface area contributed by atoms with Crippen LogP contribution < -0.4 is 0 Å². The molecular weight excluding hydrogens is 352 g/mol. The molecule has 0 spiro atoms. The lowest BCUT2D eigenvalue weighted by Crippen LogP contribution is -2.25. The van der Waals surface area contributed by atoms with Gasteiger partial charge in [0.2, 0.25) is 0 Å². The molecular formula is C24H28O4. The zero-order valence-electron chi connectivity index (χ0n) is 16.8. The first kappa shape index (κ1) is 21.4. The second-order valence-corrected chi connectivity index (χ2v) is 6.78. The maximum atomic E-state index is 11.6. The highest BCUT2D eigenvalue weighted by molar-refractivity contribution is 5.69. The smallest absolute Gasteiger partial charge is 0.305 e. The van der Waals surface area contributed by atoms with Gasteiger partial charge in [0.1, 0.15) is 0 Å². The molecule has 0 atom stereocenters. The lowest BCUT2D eigenvalue weighted by Gasteiger charge is -2.20. The van der Waals surface area contributed by atoms with Crippen LogP contribution in [0.3, 0.4) is 0 Å². The van der Waals surface area contributed by atoms with Gasteiger partial charge in [0.25, 0.3) is 6.29 Å². The normalized spacial score (nSPS) is 11.4. The summed E-state index contributed by atoms with van der Waals surface area (Å²) in [6.07, 6.45) is 4.69. The van der Waals surface area contributed by atoms with Crippen molar-refractivity contribution in [3.63, 3.8) is 0 Å². The second-order valence-electron chi connectivity index (χ2n) is 6.78. The Morgan fingerprint density at radius 2 is 1.57 bits per heavy atom. The fourth-order valence-corrected chi connectivity index (χ4v) is 2.94. The molecule has 0 aromatic heterocycles. The minimum Gasteiger partial charge on any atom is -0.421 e. The van der Waals surface area contributed by atoms with Gasteiger partial charge in [0, 0.05) is 25.8 Å². The third kappa shape index (κ3) is 7.39. The third-order valence-electron chi connectivity index (χ3n) is 4.22. The van der Waals surface area contributed by atoms with Crippen molar-refractivity contribution in [1.29, 1.82) is 0 Å². The van der Waals surface area contributed by atoms with Gasteiger partial charge in [0.05, 0.1) is 0 Å². The first-order chi connectivity index (χ1) is 13.5. The van der Waals surface area contributed by atoms with E-state index >= 15 is 0 Å². The molecule has 0 radical (unpaired) electrons. The Kier molecular flexibility index (Phi) is 8.47. The summed E-state index contributed by atoms with van der Waals surface area (Å²) in [5, 5.41) is 0. The predicted octanol–water partition coefficient (Wildman–Crippen LogP) is 5.11. The summed E-state index contributed by atoms with van der Waals surface area (Å²) >= 11 is 0. The number of hydrogen-bond donors (Lipinski definition) is 0. The third-order valence-corrected chi connectivity index (χ3v) is 4.22. The number of carbonyl (C=O) groups excluding carboxylic acids is 2. The van der Waals surface area contributed by atoms with Crippen LogP contribution >= 0.6 is 0 Å². The van der Waals surface area contributed by atoms with Crippen molar-refractivity contribution in [2.24, 2.45) is 0 Å². The van der Waals surface area contributed by atoms with Crippen molar-refractivity contribution in [2.45, 2.75) is 52.7 Å². The van der Waals surface area contributed by atoms with Crippen LogP contribution in [0.1, 0.15) is 50.3 Å². The molecule has 2 aromatic carbocycles. The fraction of sp³-hybridized carbons (Fsp3) is 0.333. The second kappa shape index (κ2) is 11.1. The van der Waals surface area contributed by atoms with Gasteiger partial charge in [-0.15, -0.1) is 0 Å². The number of unbranched alkanes of at least 4 members (excludes halogenated alkanes) is 1. The van der Waals surface area contributed by atoms with Gasteiger partial charge in [-0.1, -0.05) is 67.9 Å². The summed E-state index contributed by atoms with van der Waals surface area (Å²) in [5.41, 5.74) is 4.00. The average Bonchev–Trinajstić information content (AvgIpc) is 2.66. The number of rotatable bonds is 9. The van der Waals surface area contributed by atoms with Crippen LogP contribution in [0, 0.1) is 0 Å². The zero-order chi connectivity index (χ0) is 20.4. The van der Waals surface area contributed by atoms with Crippen molar-refractivity contribution in [2.75, 3.05) is 0 Å². The molecule has 4 heteroatoms. The van der Waals surface area contributed by atoms with E-state index < -0.39 is 18.2 Å². The molecule has 0 bridgehead atoms. The Morgan fingerprint density at radius 3 is 2.18 bits per heavy atom. The minimum atomic E-state index is -1.05. The zero-order valence-corrected chi connectivity index (χ0v) is 16.8. The molecule has 0 heterocycles. The van der Waals surface area contributed by atoms with Gasteiger partial charge in [-0.3, -0.25) is 9.59 Å². The van der Waals surface area contributed by atoms with Crippen LogP contribution in [0.2, 0.25) is 0 Å². The maximum Gasteiger partial charge on any atom is 0.305 e. The highest BCUT2D eigenvalue weighted by atomic mass is 16.7. The summed E-state index contributed by atoms with van der Waals surface area (Å²) in [5.74, 6) is -0.996. The van der Waals surface area contributed by atoms with E-state index in [1.807, 2.05) is 48.5 Å². The van der Waals surface area contributed by atoms with E-state index in [2.05, 4.69) is 19.1 Å². The van der Waals surface area contributed by atoms with Gasteiger partial charge in [-0.25, -0.2) is 0 Å². The van der Waals surface area contributed by atoms with Crippen LogP contribution in [0.5, 0.6) is 0 Å². The topological polar surface area (TPSA) is 52.6 Å². The Morgan fingerprint density at radius 1 is 0.929 bits per heavy atom. The van der Waals surface area contributed by atoms with Crippen LogP contribution in [0.4, 0.5) is 0 Å². The minimum absolute atomic E-state index is 0.498. The molecule has 28 heavy (non-hydrogen) atoms. The quantitative estimate of drug-likeness (QED) is 0.448. The molecule has 0 unspecified atom stereocenters. The number of esters is 2. The lowest BCUT2D eigenvalue weighted by molar-refractivity contribution is -0.178. The SMILES string of the molecule is CCCCc1cccc(/C=C(\Cc2ccccc2)C(OC(C)=O)OC(C)=O)c1. The summed E-state index contributed by atoms with van der Waals surface area (Å²) in [6, 6.07) is 18.1. The van der Waals surface area contributed by atoms with Crippen molar-refractivity contribution in [1.82, 2.24) is 0 Å². The molecule has 2 rings (SSSR count). The standard InChI is InChI=1S/C24H28O4/c1-4-5-10-20-13-9-14-22(15-20)17-23(16-21-11-7-6-8-12-21)24(27-18(2)25)28-19(3)26/h6-9,11-15,17,24H,4-5,10,16H2,1-3H3/b23-17+. The molecule has 0 N–H and O–H groups in total. The first-order valence-electron chi connectivity index (χ1n) is 9.65. The Balaban J connectivity index is 2.39. The Hall–Kier alpha value is -2.88. The molecule has 0 saturated heterocycles. The maximum absolute atomic E-state index is 11.6. The highest BCUT2D eigenvalue weighted by Crippen LogP contribution is 2.21. The number of ether oxygens (including phenoxy) is 2. The average molecular weight is 380 g/mol. The summed E-state index contributed by atoms with van der Waals surface area (Å²) < 4.78 is 10.6. The van der Waals surface area contributed by atoms with Crippen molar-refractivity contribution in [3.05, 3.63) is 76.9 Å². The van der Waals surface area contributed by atoms with Gasteiger partial charge in [-0.05, 0) is 35.6 Å². The van der Waals surface area contributed by atoms with Gasteiger partial charge >= 0.3 is 11.9 Å². The highest BCUT2D eigenvalue weighted by Gasteiger charge is 2.21. The van der Waals surface area contributed by atoms with E-state index in [1.165, 1.54) is 19.4 Å². The predicted molar refractivity (Wildman–Crippen MR) is 110 cm³/mol. The van der Waals surface area contributed by atoms with E-state index in [1.54, 1.807) is 0 Å². The molecule has 0 saturated carbocycles. The summed E-state index contributed by atoms with van der Waals surface area (Å²) in [7, 11) is 0. The monoisotopic (exact) mass is 380 g/mol. The number of carbonyl (C=O) groups is 2. The molecule has 4 nitrogen and oxygen atoms in total. The summed E-state index contributed by atoms with van der Waals surface area (Å²) in [4.78, 5) is 23.2. The van der Waals surface area contributed by atoms with Crippen LogP contribution in [0.15, 0.2) is 60.2 Å². The van der Waals surface area contributed by atoms with Crippen molar-refractivity contribution >= 4 is 18.0 Å². The summed E-state index contributed by atoms with van der Waals surface area (Å²) in [6.45, 7) is 4.79. The molecule has 0 aliphatic carbocycles. The van der Waals surface area contributed by atoms with E-state index in [-0.39, 0.29) is 0 Å². The Bertz CT molecular complexity index is 792. The van der Waals surface area contributed by atoms with Crippen molar-refractivity contribution in [3.8, 4) is 0 Å². The largest absolute Gasteiger partial charge is 0.421 e. The molecule has 2 aromatic rings. The van der Waals surface area contributed by atoms with E-state index in [4.69, 9.17) is 9.47 Å². The Labute approximate surface area is 167 Å². The first-order valence-corrected chi connectivity index (χ1v) is 9.65. The van der Waals surface area contributed by atoms with Crippen LogP contribution in [-0.4, -0.2) is 18.2 Å². The molecule has 0 aliphatic rings. The van der Waals surface area contributed by atoms with E-state index in [0.717, 1.165) is 30.4 Å². The van der Waals surface area contributed by atoms with Crippen LogP contribution in [-0.2, 0) is 31.9 Å². The number of hydrogen-bond acceptors (Lipinski definition) is 4. The molecule has 0 aliphatic heterocycles. The fourth-order valence-electron chi connectivity index (χ4n) is 2.94. The van der Waals surface area contributed by atoms with Gasteiger partial charge in [0.15, 0.2) is 0 Å². The van der Waals surface area contributed by atoms with E-state index in [9.17, 15) is 9.59 Å². The lowest BCUT2D eigenvalue weighted by atomic mass is 10.00. The van der Waals surface area contributed by atoms with Crippen molar-refractivity contribution < 1.29 is 19.1 Å². The van der Waals surface area contributed by atoms with Gasteiger partial charge < -0.3 is 9.47 Å². The van der Waals surface area contributed by atoms with Gasteiger partial charge in [-0.2, -0.15) is 0 Å². The molecule has 0 fully saturated rings. The number of aryl methyl sites for hydroxylation is 1. The molecule has 0 amide bonds. The van der Waals surface area contributed by atoms with E-state index in [0.29, 0.717) is 12.0 Å².